The Labute approximate surface area is 95.4 Å². The fraction of sp³-hybridized carbons (Fsp3) is 1.00. The molecule has 0 unspecified atom stereocenters. The van der Waals surface area contributed by atoms with Gasteiger partial charge in [-0.15, -0.1) is 0 Å². The average Bonchev–Trinajstić information content (AvgIpc) is 1.98. The van der Waals surface area contributed by atoms with Gasteiger partial charge in [0.05, 0.1) is 0 Å². The molecule has 1 heterocycles. The monoisotopic (exact) mass is 212 g/mol. The highest BCUT2D eigenvalue weighted by atomic mass is 15.1. The summed E-state index contributed by atoms with van der Waals surface area (Å²) in [7, 11) is 0. The van der Waals surface area contributed by atoms with Crippen molar-refractivity contribution in [2.24, 2.45) is 17.8 Å². The molecule has 0 aromatic rings. The van der Waals surface area contributed by atoms with Crippen LogP contribution in [0.5, 0.6) is 0 Å². The highest BCUT2D eigenvalue weighted by Crippen LogP contribution is 2.11. The summed E-state index contributed by atoms with van der Waals surface area (Å²) in [6.07, 6.45) is 1.38. The van der Waals surface area contributed by atoms with Crippen molar-refractivity contribution >= 4 is 0 Å². The summed E-state index contributed by atoms with van der Waals surface area (Å²) in [6.45, 7) is 15.6. The minimum atomic E-state index is 0.795. The van der Waals surface area contributed by atoms with Crippen LogP contribution in [0.3, 0.4) is 0 Å². The minimum absolute atomic E-state index is 0.795. The summed E-state index contributed by atoms with van der Waals surface area (Å²) in [5, 5.41) is 3.35. The molecule has 15 heavy (non-hydrogen) atoms. The second kappa shape index (κ2) is 6.49. The van der Waals surface area contributed by atoms with Gasteiger partial charge in [-0.25, -0.2) is 0 Å². The Morgan fingerprint density at radius 3 is 1.93 bits per heavy atom. The van der Waals surface area contributed by atoms with Gasteiger partial charge in [0.2, 0.25) is 0 Å². The van der Waals surface area contributed by atoms with E-state index in [1.165, 1.54) is 39.1 Å². The third kappa shape index (κ3) is 5.53. The highest BCUT2D eigenvalue weighted by Gasteiger charge is 2.18. The lowest BCUT2D eigenvalue weighted by atomic mass is 9.98. The largest absolute Gasteiger partial charge is 0.316 e. The van der Waals surface area contributed by atoms with Gasteiger partial charge in [-0.1, -0.05) is 27.7 Å². The van der Waals surface area contributed by atoms with Gasteiger partial charge in [-0.05, 0) is 43.8 Å². The summed E-state index contributed by atoms with van der Waals surface area (Å²) in [5.74, 6) is 2.54. The van der Waals surface area contributed by atoms with Crippen LogP contribution < -0.4 is 5.32 Å². The second-order valence-corrected chi connectivity index (χ2v) is 5.86. The van der Waals surface area contributed by atoms with Crippen molar-refractivity contribution in [2.45, 2.75) is 34.1 Å². The van der Waals surface area contributed by atoms with E-state index in [2.05, 4.69) is 37.9 Å². The van der Waals surface area contributed by atoms with Gasteiger partial charge in [0.1, 0.15) is 0 Å². The molecule has 1 saturated heterocycles. The van der Waals surface area contributed by atoms with Gasteiger partial charge in [-0.3, -0.25) is 0 Å². The standard InChI is InChI=1S/C13H28N2/c1-11(2)9-15(10-12(3)4)6-5-13-7-14-8-13/h11-14H,5-10H2,1-4H3. The smallest absolute Gasteiger partial charge is 0.000450 e. The molecule has 0 aromatic heterocycles. The van der Waals surface area contributed by atoms with Gasteiger partial charge in [0.25, 0.3) is 0 Å². The first-order chi connectivity index (χ1) is 7.08. The lowest BCUT2D eigenvalue weighted by molar-refractivity contribution is 0.190. The molecule has 2 heteroatoms. The Kier molecular flexibility index (Phi) is 5.62. The van der Waals surface area contributed by atoms with Crippen molar-refractivity contribution in [2.75, 3.05) is 32.7 Å². The third-order valence-corrected chi connectivity index (χ3v) is 2.97. The Balaban J connectivity index is 2.20. The van der Waals surface area contributed by atoms with Crippen LogP contribution in [-0.2, 0) is 0 Å². The maximum Gasteiger partial charge on any atom is 0.000450 e. The first-order valence-corrected chi connectivity index (χ1v) is 6.51. The first kappa shape index (κ1) is 13.0. The van der Waals surface area contributed by atoms with Crippen molar-refractivity contribution in [1.29, 1.82) is 0 Å². The Hall–Kier alpha value is -0.0800. The van der Waals surface area contributed by atoms with Crippen LogP contribution in [0.15, 0.2) is 0 Å². The van der Waals surface area contributed by atoms with Crippen LogP contribution in [0, 0.1) is 17.8 Å². The summed E-state index contributed by atoms with van der Waals surface area (Å²) in [6, 6.07) is 0. The minimum Gasteiger partial charge on any atom is -0.316 e. The Morgan fingerprint density at radius 1 is 1.07 bits per heavy atom. The molecule has 1 N–H and O–H groups in total. The molecule has 0 aromatic carbocycles. The number of hydrogen-bond donors (Lipinski definition) is 1. The SMILES string of the molecule is CC(C)CN(CCC1CNC1)CC(C)C. The van der Waals surface area contributed by atoms with E-state index < -0.39 is 0 Å². The molecular weight excluding hydrogens is 184 g/mol. The summed E-state index contributed by atoms with van der Waals surface area (Å²) in [5.41, 5.74) is 0. The van der Waals surface area contributed by atoms with Crippen LogP contribution >= 0.6 is 0 Å². The predicted octanol–water partition coefficient (Wildman–Crippen LogP) is 2.21. The molecule has 0 aliphatic carbocycles. The van der Waals surface area contributed by atoms with E-state index in [9.17, 15) is 0 Å². The predicted molar refractivity (Wildman–Crippen MR) is 67.1 cm³/mol. The first-order valence-electron chi connectivity index (χ1n) is 6.51. The molecule has 0 amide bonds. The molecule has 0 spiro atoms. The van der Waals surface area contributed by atoms with Gasteiger partial charge in [0, 0.05) is 13.1 Å². The van der Waals surface area contributed by atoms with E-state index in [1.54, 1.807) is 0 Å². The van der Waals surface area contributed by atoms with E-state index >= 15 is 0 Å². The van der Waals surface area contributed by atoms with Gasteiger partial charge in [-0.2, -0.15) is 0 Å². The fourth-order valence-electron chi connectivity index (χ4n) is 2.21. The average molecular weight is 212 g/mol. The van der Waals surface area contributed by atoms with Gasteiger partial charge >= 0.3 is 0 Å². The quantitative estimate of drug-likeness (QED) is 0.696. The zero-order chi connectivity index (χ0) is 11.3. The number of nitrogens with one attached hydrogen (secondary N) is 1. The van der Waals surface area contributed by atoms with Crippen molar-refractivity contribution in [3.05, 3.63) is 0 Å². The summed E-state index contributed by atoms with van der Waals surface area (Å²) in [4.78, 5) is 2.65. The van der Waals surface area contributed by atoms with Crippen molar-refractivity contribution < 1.29 is 0 Å². The topological polar surface area (TPSA) is 15.3 Å². The molecule has 0 saturated carbocycles. The zero-order valence-corrected chi connectivity index (χ0v) is 10.9. The molecule has 1 aliphatic heterocycles. The molecule has 1 rings (SSSR count). The van der Waals surface area contributed by atoms with E-state index in [0.29, 0.717) is 0 Å². The van der Waals surface area contributed by atoms with Crippen LogP contribution in [0.4, 0.5) is 0 Å². The maximum absolute atomic E-state index is 3.35. The number of nitrogens with zero attached hydrogens (tertiary/aromatic N) is 1. The molecule has 2 nitrogen and oxygen atoms in total. The molecule has 0 radical (unpaired) electrons. The molecule has 0 atom stereocenters. The molecule has 90 valence electrons. The second-order valence-electron chi connectivity index (χ2n) is 5.86. The van der Waals surface area contributed by atoms with Gasteiger partial charge < -0.3 is 10.2 Å². The van der Waals surface area contributed by atoms with Crippen LogP contribution in [0.2, 0.25) is 0 Å². The van der Waals surface area contributed by atoms with Crippen LogP contribution in [0.25, 0.3) is 0 Å². The fourth-order valence-corrected chi connectivity index (χ4v) is 2.21. The van der Waals surface area contributed by atoms with Crippen molar-refractivity contribution in [1.82, 2.24) is 10.2 Å². The molecular formula is C13H28N2. The highest BCUT2D eigenvalue weighted by molar-refractivity contribution is 4.76. The summed E-state index contributed by atoms with van der Waals surface area (Å²) >= 11 is 0. The zero-order valence-electron chi connectivity index (χ0n) is 10.9. The third-order valence-electron chi connectivity index (χ3n) is 2.97. The lowest BCUT2D eigenvalue weighted by Crippen LogP contribution is -2.44. The van der Waals surface area contributed by atoms with E-state index in [0.717, 1.165) is 17.8 Å². The Morgan fingerprint density at radius 2 is 1.60 bits per heavy atom. The van der Waals surface area contributed by atoms with E-state index in [-0.39, 0.29) is 0 Å². The molecule has 1 fully saturated rings. The van der Waals surface area contributed by atoms with E-state index in [4.69, 9.17) is 0 Å². The van der Waals surface area contributed by atoms with Crippen molar-refractivity contribution in [3.8, 4) is 0 Å². The maximum atomic E-state index is 3.35. The molecule has 1 aliphatic rings. The molecule has 0 bridgehead atoms. The van der Waals surface area contributed by atoms with Crippen LogP contribution in [-0.4, -0.2) is 37.6 Å². The number of rotatable bonds is 7. The normalized spacial score (nSPS) is 17.8. The lowest BCUT2D eigenvalue weighted by Gasteiger charge is -2.31. The Bertz CT molecular complexity index is 152. The van der Waals surface area contributed by atoms with Crippen LogP contribution in [0.1, 0.15) is 34.1 Å². The van der Waals surface area contributed by atoms with E-state index in [1.807, 2.05) is 0 Å². The van der Waals surface area contributed by atoms with Crippen molar-refractivity contribution in [3.63, 3.8) is 0 Å². The van der Waals surface area contributed by atoms with Gasteiger partial charge in [0.15, 0.2) is 0 Å². The number of hydrogen-bond acceptors (Lipinski definition) is 2. The summed E-state index contributed by atoms with van der Waals surface area (Å²) < 4.78 is 0.